The lowest BCUT2D eigenvalue weighted by molar-refractivity contribution is 0.192. The molecule has 0 heterocycles. The van der Waals surface area contributed by atoms with Gasteiger partial charge in [-0.2, -0.15) is 0 Å². The first-order valence-electron chi connectivity index (χ1n) is 4.62. The highest BCUT2D eigenvalue weighted by atomic mass is 35.5. The second kappa shape index (κ2) is 4.73. The molecule has 4 heteroatoms. The van der Waals surface area contributed by atoms with Crippen LogP contribution in [0.2, 0.25) is 5.02 Å². The third kappa shape index (κ3) is 2.19. The zero-order valence-corrected chi connectivity index (χ0v) is 10.1. The van der Waals surface area contributed by atoms with Gasteiger partial charge in [0.15, 0.2) is 11.5 Å². The van der Waals surface area contributed by atoms with Crippen LogP contribution in [0, 0.1) is 6.92 Å². The molecule has 84 valence electrons. The average Bonchev–Trinajstić information content (AvgIpc) is 2.15. The maximum absolute atomic E-state index is 9.65. The van der Waals surface area contributed by atoms with Crippen LogP contribution in [0.25, 0.3) is 0 Å². The van der Waals surface area contributed by atoms with Crippen LogP contribution in [0.1, 0.15) is 24.2 Å². The molecule has 0 spiro atoms. The molecule has 0 bridgehead atoms. The van der Waals surface area contributed by atoms with Gasteiger partial charge in [-0.3, -0.25) is 0 Å². The molecular weight excluding hydrogens is 216 g/mol. The Balaban J connectivity index is 3.49. The van der Waals surface area contributed by atoms with E-state index in [0.29, 0.717) is 22.1 Å². The summed E-state index contributed by atoms with van der Waals surface area (Å²) in [5, 5.41) is 10.1. The lowest BCUT2D eigenvalue weighted by atomic mass is 10.0. The number of hydrogen-bond acceptors (Lipinski definition) is 3. The quantitative estimate of drug-likeness (QED) is 0.868. The average molecular weight is 231 g/mol. The number of rotatable bonds is 3. The van der Waals surface area contributed by atoms with Crippen LogP contribution < -0.4 is 9.47 Å². The van der Waals surface area contributed by atoms with Gasteiger partial charge in [-0.25, -0.2) is 0 Å². The van der Waals surface area contributed by atoms with Crippen LogP contribution in [0.3, 0.4) is 0 Å². The predicted molar refractivity (Wildman–Crippen MR) is 59.9 cm³/mol. The van der Waals surface area contributed by atoms with Crippen LogP contribution in [-0.2, 0) is 0 Å². The number of aliphatic hydroxyl groups excluding tert-OH is 1. The highest BCUT2D eigenvalue weighted by molar-refractivity contribution is 6.32. The van der Waals surface area contributed by atoms with Gasteiger partial charge < -0.3 is 14.6 Å². The lowest BCUT2D eigenvalue weighted by Crippen LogP contribution is -2.02. The van der Waals surface area contributed by atoms with Gasteiger partial charge in [0, 0.05) is 5.56 Å². The molecule has 1 N–H and O–H groups in total. The van der Waals surface area contributed by atoms with E-state index in [-0.39, 0.29) is 0 Å². The molecule has 1 aromatic rings. The van der Waals surface area contributed by atoms with Crippen molar-refractivity contribution in [3.63, 3.8) is 0 Å². The van der Waals surface area contributed by atoms with E-state index in [2.05, 4.69) is 0 Å². The number of hydrogen-bond donors (Lipinski definition) is 1. The van der Waals surface area contributed by atoms with E-state index in [1.165, 1.54) is 14.2 Å². The van der Waals surface area contributed by atoms with Crippen LogP contribution in [0.4, 0.5) is 0 Å². The van der Waals surface area contributed by atoms with Gasteiger partial charge in [0.05, 0.1) is 25.3 Å². The van der Waals surface area contributed by atoms with Crippen LogP contribution in [0.15, 0.2) is 6.07 Å². The summed E-state index contributed by atoms with van der Waals surface area (Å²) in [4.78, 5) is 0. The Bertz CT molecular complexity index is 361. The van der Waals surface area contributed by atoms with Gasteiger partial charge in [-0.15, -0.1) is 0 Å². The summed E-state index contributed by atoms with van der Waals surface area (Å²) in [7, 11) is 3.05. The summed E-state index contributed by atoms with van der Waals surface area (Å²) in [6.07, 6.45) is -0.619. The highest BCUT2D eigenvalue weighted by Crippen LogP contribution is 2.42. The Hall–Kier alpha value is -0.930. The van der Waals surface area contributed by atoms with Crippen molar-refractivity contribution in [2.24, 2.45) is 0 Å². The summed E-state index contributed by atoms with van der Waals surface area (Å²) >= 11 is 6.00. The molecule has 1 rings (SSSR count). The first-order valence-corrected chi connectivity index (χ1v) is 4.99. The molecular formula is C11H15ClO3. The van der Waals surface area contributed by atoms with Crippen molar-refractivity contribution in [3.05, 3.63) is 22.2 Å². The van der Waals surface area contributed by atoms with E-state index in [4.69, 9.17) is 21.1 Å². The van der Waals surface area contributed by atoms with Gasteiger partial charge in [-0.1, -0.05) is 11.6 Å². The van der Waals surface area contributed by atoms with Crippen molar-refractivity contribution in [1.82, 2.24) is 0 Å². The van der Waals surface area contributed by atoms with E-state index in [1.807, 2.05) is 6.92 Å². The molecule has 1 unspecified atom stereocenters. The zero-order chi connectivity index (χ0) is 11.6. The van der Waals surface area contributed by atoms with Gasteiger partial charge in [-0.05, 0) is 25.5 Å². The number of halogens is 1. The Labute approximate surface area is 94.6 Å². The molecule has 0 aromatic heterocycles. The number of benzene rings is 1. The summed E-state index contributed by atoms with van der Waals surface area (Å²) in [6, 6.07) is 1.75. The smallest absolute Gasteiger partial charge is 0.179 e. The molecule has 0 saturated heterocycles. The Kier molecular flexibility index (Phi) is 3.83. The molecule has 1 aromatic carbocycles. The molecule has 0 fully saturated rings. The fourth-order valence-corrected chi connectivity index (χ4v) is 1.98. The Morgan fingerprint density at radius 2 is 1.80 bits per heavy atom. The highest BCUT2D eigenvalue weighted by Gasteiger charge is 2.19. The second-order valence-electron chi connectivity index (χ2n) is 3.33. The molecule has 15 heavy (non-hydrogen) atoms. The van der Waals surface area contributed by atoms with E-state index in [9.17, 15) is 5.11 Å². The zero-order valence-electron chi connectivity index (χ0n) is 9.30. The summed E-state index contributed by atoms with van der Waals surface area (Å²) in [5.74, 6) is 0.957. The summed E-state index contributed by atoms with van der Waals surface area (Å²) in [5.41, 5.74) is 1.59. The molecule has 0 aliphatic carbocycles. The second-order valence-corrected chi connectivity index (χ2v) is 3.74. The molecule has 3 nitrogen and oxygen atoms in total. The molecule has 0 aliphatic heterocycles. The monoisotopic (exact) mass is 230 g/mol. The predicted octanol–water partition coefficient (Wildman–Crippen LogP) is 2.72. The fourth-order valence-electron chi connectivity index (χ4n) is 1.66. The van der Waals surface area contributed by atoms with Crippen LogP contribution >= 0.6 is 11.6 Å². The van der Waals surface area contributed by atoms with Crippen LogP contribution in [-0.4, -0.2) is 19.3 Å². The first kappa shape index (κ1) is 12.1. The third-order valence-electron chi connectivity index (χ3n) is 2.26. The van der Waals surface area contributed by atoms with Gasteiger partial charge >= 0.3 is 0 Å². The van der Waals surface area contributed by atoms with Gasteiger partial charge in [0.1, 0.15) is 0 Å². The normalized spacial score (nSPS) is 12.4. The SMILES string of the molecule is COc1c(Cl)cc(C)c(C(C)O)c1OC. The van der Waals surface area contributed by atoms with E-state index in [0.717, 1.165) is 5.56 Å². The third-order valence-corrected chi connectivity index (χ3v) is 2.54. The van der Waals surface area contributed by atoms with Crippen molar-refractivity contribution >= 4 is 11.6 Å². The Morgan fingerprint density at radius 3 is 2.20 bits per heavy atom. The van der Waals surface area contributed by atoms with Gasteiger partial charge in [0.25, 0.3) is 0 Å². The standard InChI is InChI=1S/C11H15ClO3/c1-6-5-8(12)10(14-3)11(15-4)9(6)7(2)13/h5,7,13H,1-4H3. The van der Waals surface area contributed by atoms with E-state index in [1.54, 1.807) is 13.0 Å². The first-order chi connectivity index (χ1) is 7.02. The van der Waals surface area contributed by atoms with Crippen molar-refractivity contribution in [1.29, 1.82) is 0 Å². The molecule has 0 saturated carbocycles. The minimum Gasteiger partial charge on any atom is -0.492 e. The molecule has 1 atom stereocenters. The van der Waals surface area contributed by atoms with Crippen molar-refractivity contribution in [2.75, 3.05) is 14.2 Å². The molecule has 0 radical (unpaired) electrons. The van der Waals surface area contributed by atoms with Crippen molar-refractivity contribution in [2.45, 2.75) is 20.0 Å². The lowest BCUT2D eigenvalue weighted by Gasteiger charge is -2.18. The summed E-state index contributed by atoms with van der Waals surface area (Å²) < 4.78 is 10.4. The molecule has 0 aliphatic rings. The number of aliphatic hydroxyl groups is 1. The topological polar surface area (TPSA) is 38.7 Å². The van der Waals surface area contributed by atoms with E-state index >= 15 is 0 Å². The number of aryl methyl sites for hydroxylation is 1. The van der Waals surface area contributed by atoms with Crippen molar-refractivity contribution in [3.8, 4) is 11.5 Å². The van der Waals surface area contributed by atoms with E-state index < -0.39 is 6.10 Å². The maximum atomic E-state index is 9.65. The number of ether oxygens (including phenoxy) is 2. The molecule has 0 amide bonds. The minimum atomic E-state index is -0.619. The van der Waals surface area contributed by atoms with Crippen LogP contribution in [0.5, 0.6) is 11.5 Å². The summed E-state index contributed by atoms with van der Waals surface area (Å²) in [6.45, 7) is 3.55. The Morgan fingerprint density at radius 1 is 1.27 bits per heavy atom. The number of methoxy groups -OCH3 is 2. The van der Waals surface area contributed by atoms with Gasteiger partial charge in [0.2, 0.25) is 0 Å². The largest absolute Gasteiger partial charge is 0.492 e. The minimum absolute atomic E-state index is 0.459. The maximum Gasteiger partial charge on any atom is 0.179 e. The van der Waals surface area contributed by atoms with Crippen molar-refractivity contribution < 1.29 is 14.6 Å². The fraction of sp³-hybridized carbons (Fsp3) is 0.455.